The second-order valence-corrected chi connectivity index (χ2v) is 8.19. The third-order valence-corrected chi connectivity index (χ3v) is 6.03. The summed E-state index contributed by atoms with van der Waals surface area (Å²) >= 11 is 0. The number of carbonyl (C=O) groups is 1. The fraction of sp³-hybridized carbons (Fsp3) is 0.333. The number of hydrogen-bond donors (Lipinski definition) is 1. The van der Waals surface area contributed by atoms with Crippen LogP contribution in [-0.2, 0) is 20.9 Å². The summed E-state index contributed by atoms with van der Waals surface area (Å²) in [6.45, 7) is 0.727. The highest BCUT2D eigenvalue weighted by Crippen LogP contribution is 2.30. The van der Waals surface area contributed by atoms with E-state index in [1.54, 1.807) is 4.90 Å². The minimum Gasteiger partial charge on any atom is -0.465 e. The first-order valence-corrected chi connectivity index (χ1v) is 10.1. The molecule has 7 nitrogen and oxygen atoms in total. The van der Waals surface area contributed by atoms with E-state index >= 15 is 0 Å². The molecule has 29 heavy (non-hydrogen) atoms. The van der Waals surface area contributed by atoms with E-state index in [9.17, 15) is 26.4 Å². The predicted octanol–water partition coefficient (Wildman–Crippen LogP) is 2.44. The molecular formula is C18H18F3N3O4S. The van der Waals surface area contributed by atoms with Crippen molar-refractivity contribution in [3.05, 3.63) is 53.7 Å². The average molecular weight is 429 g/mol. The number of anilines is 1. The molecule has 0 radical (unpaired) electrons. The number of ether oxygens (including phenoxy) is 1. The number of benzene rings is 1. The first-order valence-electron chi connectivity index (χ1n) is 8.59. The summed E-state index contributed by atoms with van der Waals surface area (Å²) in [6.07, 6.45) is -3.23. The Labute approximate surface area is 165 Å². The van der Waals surface area contributed by atoms with Crippen molar-refractivity contribution in [2.45, 2.75) is 23.5 Å². The molecule has 1 N–H and O–H groups in total. The summed E-state index contributed by atoms with van der Waals surface area (Å²) < 4.78 is 70.2. The molecule has 1 unspecified atom stereocenters. The minimum absolute atomic E-state index is 0.00346. The van der Waals surface area contributed by atoms with Crippen molar-refractivity contribution in [3.63, 3.8) is 0 Å². The van der Waals surface area contributed by atoms with Crippen molar-refractivity contribution in [2.24, 2.45) is 0 Å². The number of halogens is 3. The number of pyridine rings is 1. The zero-order valence-corrected chi connectivity index (χ0v) is 16.1. The molecule has 2 heterocycles. The molecule has 0 aliphatic carbocycles. The summed E-state index contributed by atoms with van der Waals surface area (Å²) in [5, 5.41) is 0. The Kier molecular flexibility index (Phi) is 5.80. The number of methoxy groups -OCH3 is 1. The highest BCUT2D eigenvalue weighted by Gasteiger charge is 2.32. The van der Waals surface area contributed by atoms with Crippen LogP contribution in [0.2, 0.25) is 0 Å². The zero-order valence-electron chi connectivity index (χ0n) is 15.3. The lowest BCUT2D eigenvalue weighted by Crippen LogP contribution is -2.37. The van der Waals surface area contributed by atoms with E-state index in [0.29, 0.717) is 18.8 Å². The molecule has 1 saturated heterocycles. The van der Waals surface area contributed by atoms with Crippen molar-refractivity contribution in [2.75, 3.05) is 25.1 Å². The summed E-state index contributed by atoms with van der Waals surface area (Å²) in [5.41, 5.74) is -0.611. The van der Waals surface area contributed by atoms with Gasteiger partial charge in [-0.25, -0.2) is 22.9 Å². The lowest BCUT2D eigenvalue weighted by atomic mass is 10.2. The monoisotopic (exact) mass is 429 g/mol. The number of esters is 1. The maximum Gasteiger partial charge on any atom is 0.417 e. The van der Waals surface area contributed by atoms with Crippen LogP contribution in [0.1, 0.15) is 22.3 Å². The fourth-order valence-corrected chi connectivity index (χ4v) is 4.24. The molecule has 1 fully saturated rings. The van der Waals surface area contributed by atoms with E-state index < -0.39 is 33.8 Å². The number of rotatable bonds is 5. The molecule has 1 aliphatic rings. The van der Waals surface area contributed by atoms with Crippen LogP contribution in [-0.4, -0.2) is 45.6 Å². The highest BCUT2D eigenvalue weighted by atomic mass is 32.2. The fourth-order valence-electron chi connectivity index (χ4n) is 2.98. The highest BCUT2D eigenvalue weighted by molar-refractivity contribution is 7.89. The maximum absolute atomic E-state index is 12.6. The van der Waals surface area contributed by atoms with Crippen LogP contribution >= 0.6 is 0 Å². The van der Waals surface area contributed by atoms with Crippen LogP contribution in [0, 0.1) is 0 Å². The SMILES string of the molecule is COC(=O)c1ccc(S(=O)(=O)NC2CCN(c3ccc(C(F)(F)F)cn3)C2)cc1. The van der Waals surface area contributed by atoms with Gasteiger partial charge in [0.1, 0.15) is 5.82 Å². The standard InChI is InChI=1S/C18H18F3N3O4S/c1-28-17(25)12-2-5-15(6-3-12)29(26,27)23-14-8-9-24(11-14)16-7-4-13(10-22-16)18(19,20)21/h2-7,10,14,23H,8-9,11H2,1H3. The number of hydrogen-bond acceptors (Lipinski definition) is 6. The number of alkyl halides is 3. The van der Waals surface area contributed by atoms with E-state index in [4.69, 9.17) is 0 Å². The van der Waals surface area contributed by atoms with Gasteiger partial charge in [0.05, 0.1) is 23.1 Å². The average Bonchev–Trinajstić information content (AvgIpc) is 3.14. The Morgan fingerprint density at radius 1 is 1.21 bits per heavy atom. The van der Waals surface area contributed by atoms with E-state index in [-0.39, 0.29) is 17.0 Å². The van der Waals surface area contributed by atoms with Crippen LogP contribution < -0.4 is 9.62 Å². The van der Waals surface area contributed by atoms with Crippen molar-refractivity contribution < 1.29 is 31.1 Å². The zero-order chi connectivity index (χ0) is 21.2. The lowest BCUT2D eigenvalue weighted by Gasteiger charge is -2.18. The first-order chi connectivity index (χ1) is 13.6. The molecule has 156 valence electrons. The third kappa shape index (κ3) is 4.85. The Bertz CT molecular complexity index is 977. The van der Waals surface area contributed by atoms with Gasteiger partial charge in [-0.2, -0.15) is 13.2 Å². The number of nitrogens with zero attached hydrogens (tertiary/aromatic N) is 2. The largest absolute Gasteiger partial charge is 0.465 e. The van der Waals surface area contributed by atoms with Gasteiger partial charge in [-0.05, 0) is 42.8 Å². The molecule has 1 atom stereocenters. The second kappa shape index (κ2) is 7.99. The molecule has 1 aromatic carbocycles. The molecule has 11 heteroatoms. The Morgan fingerprint density at radius 2 is 1.90 bits per heavy atom. The summed E-state index contributed by atoms with van der Waals surface area (Å²) in [6, 6.07) is 7.11. The Balaban J connectivity index is 1.65. The summed E-state index contributed by atoms with van der Waals surface area (Å²) in [4.78, 5) is 17.0. The summed E-state index contributed by atoms with van der Waals surface area (Å²) in [7, 11) is -2.59. The number of nitrogens with one attached hydrogen (secondary N) is 1. The number of carbonyl (C=O) groups excluding carboxylic acids is 1. The maximum atomic E-state index is 12.6. The lowest BCUT2D eigenvalue weighted by molar-refractivity contribution is -0.137. The molecule has 0 spiro atoms. The molecule has 0 bridgehead atoms. The van der Waals surface area contributed by atoms with Crippen molar-refractivity contribution >= 4 is 21.8 Å². The molecule has 3 rings (SSSR count). The smallest absolute Gasteiger partial charge is 0.417 e. The number of aromatic nitrogens is 1. The van der Waals surface area contributed by atoms with Crippen LogP contribution in [0.3, 0.4) is 0 Å². The van der Waals surface area contributed by atoms with Gasteiger partial charge in [-0.3, -0.25) is 0 Å². The van der Waals surface area contributed by atoms with Gasteiger partial charge in [-0.15, -0.1) is 0 Å². The topological polar surface area (TPSA) is 88.6 Å². The quantitative estimate of drug-likeness (QED) is 0.735. The van der Waals surface area contributed by atoms with E-state index in [1.165, 1.54) is 37.4 Å². The molecule has 1 aromatic heterocycles. The molecule has 0 saturated carbocycles. The molecular weight excluding hydrogens is 411 g/mol. The van der Waals surface area contributed by atoms with Crippen molar-refractivity contribution in [1.29, 1.82) is 0 Å². The van der Waals surface area contributed by atoms with Gasteiger partial charge in [0, 0.05) is 25.3 Å². The first kappa shape index (κ1) is 21.1. The van der Waals surface area contributed by atoms with Gasteiger partial charge in [0.15, 0.2) is 0 Å². The summed E-state index contributed by atoms with van der Waals surface area (Å²) in [5.74, 6) is -0.223. The second-order valence-electron chi connectivity index (χ2n) is 6.47. The van der Waals surface area contributed by atoms with Gasteiger partial charge in [0.2, 0.25) is 10.0 Å². The minimum atomic E-state index is -4.46. The Hall–Kier alpha value is -2.66. The molecule has 2 aromatic rings. The van der Waals surface area contributed by atoms with Gasteiger partial charge < -0.3 is 9.64 Å². The van der Waals surface area contributed by atoms with Crippen LogP contribution in [0.4, 0.5) is 19.0 Å². The Morgan fingerprint density at radius 3 is 2.45 bits per heavy atom. The van der Waals surface area contributed by atoms with Crippen LogP contribution in [0.5, 0.6) is 0 Å². The van der Waals surface area contributed by atoms with Crippen LogP contribution in [0.15, 0.2) is 47.5 Å². The van der Waals surface area contributed by atoms with Crippen molar-refractivity contribution in [3.8, 4) is 0 Å². The molecule has 1 aliphatic heterocycles. The third-order valence-electron chi connectivity index (χ3n) is 4.49. The van der Waals surface area contributed by atoms with Crippen molar-refractivity contribution in [1.82, 2.24) is 9.71 Å². The van der Waals surface area contributed by atoms with Gasteiger partial charge in [0.25, 0.3) is 0 Å². The predicted molar refractivity (Wildman–Crippen MR) is 98.0 cm³/mol. The van der Waals surface area contributed by atoms with E-state index in [2.05, 4.69) is 14.4 Å². The van der Waals surface area contributed by atoms with Gasteiger partial charge >= 0.3 is 12.1 Å². The molecule has 0 amide bonds. The van der Waals surface area contributed by atoms with E-state index in [0.717, 1.165) is 12.3 Å². The van der Waals surface area contributed by atoms with Gasteiger partial charge in [-0.1, -0.05) is 0 Å². The van der Waals surface area contributed by atoms with Crippen LogP contribution in [0.25, 0.3) is 0 Å². The van der Waals surface area contributed by atoms with E-state index in [1.807, 2.05) is 0 Å². The normalized spacial score (nSPS) is 17.4. The number of sulfonamides is 1.